The highest BCUT2D eigenvalue weighted by Gasteiger charge is 2.37. The van der Waals surface area contributed by atoms with E-state index in [4.69, 9.17) is 5.73 Å². The zero-order valence-electron chi connectivity index (χ0n) is 12.2. The monoisotopic (exact) mass is 278 g/mol. The van der Waals surface area contributed by atoms with Crippen molar-refractivity contribution in [2.24, 2.45) is 11.1 Å². The third-order valence-electron chi connectivity index (χ3n) is 4.46. The van der Waals surface area contributed by atoms with Gasteiger partial charge in [0.15, 0.2) is 0 Å². The molecule has 110 valence electrons. The summed E-state index contributed by atoms with van der Waals surface area (Å²) in [6, 6.07) is 4.89. The van der Waals surface area contributed by atoms with Crippen molar-refractivity contribution in [3.8, 4) is 0 Å². The molecule has 1 amide bonds. The summed E-state index contributed by atoms with van der Waals surface area (Å²) < 4.78 is 13.5. The molecule has 4 heteroatoms. The molecule has 0 spiro atoms. The number of rotatable bonds is 5. The first-order valence-electron chi connectivity index (χ1n) is 7.21. The van der Waals surface area contributed by atoms with Crippen LogP contribution in [0.4, 0.5) is 4.39 Å². The number of hydrogen-bond donors (Lipinski definition) is 2. The summed E-state index contributed by atoms with van der Waals surface area (Å²) in [7, 11) is 0. The Morgan fingerprint density at radius 1 is 1.50 bits per heavy atom. The molecule has 1 aromatic carbocycles. The van der Waals surface area contributed by atoms with Gasteiger partial charge in [-0.3, -0.25) is 4.79 Å². The average molecular weight is 278 g/mol. The highest BCUT2D eigenvalue weighted by Crippen LogP contribution is 2.42. The van der Waals surface area contributed by atoms with Crippen molar-refractivity contribution >= 4 is 5.91 Å². The molecule has 3 nitrogen and oxygen atoms in total. The molecule has 20 heavy (non-hydrogen) atoms. The van der Waals surface area contributed by atoms with Crippen molar-refractivity contribution < 1.29 is 9.18 Å². The van der Waals surface area contributed by atoms with E-state index in [2.05, 4.69) is 5.32 Å². The summed E-state index contributed by atoms with van der Waals surface area (Å²) in [6.45, 7) is 4.16. The van der Waals surface area contributed by atoms with Gasteiger partial charge in [-0.25, -0.2) is 4.39 Å². The molecule has 1 atom stereocenters. The SMILES string of the molecule is Cc1ccc(C(C)NC(=O)CC2(CN)CCC2)cc1F. The van der Waals surface area contributed by atoms with Gasteiger partial charge in [-0.2, -0.15) is 0 Å². The van der Waals surface area contributed by atoms with Crippen molar-refractivity contribution in [1.29, 1.82) is 0 Å². The van der Waals surface area contributed by atoms with Crippen molar-refractivity contribution in [2.75, 3.05) is 6.54 Å². The van der Waals surface area contributed by atoms with Crippen molar-refractivity contribution in [3.63, 3.8) is 0 Å². The smallest absolute Gasteiger partial charge is 0.221 e. The maximum absolute atomic E-state index is 13.5. The van der Waals surface area contributed by atoms with Crippen LogP contribution in [-0.2, 0) is 4.79 Å². The Morgan fingerprint density at radius 3 is 2.70 bits per heavy atom. The zero-order valence-corrected chi connectivity index (χ0v) is 12.2. The van der Waals surface area contributed by atoms with Gasteiger partial charge in [0.25, 0.3) is 0 Å². The maximum atomic E-state index is 13.5. The van der Waals surface area contributed by atoms with Gasteiger partial charge in [-0.15, -0.1) is 0 Å². The van der Waals surface area contributed by atoms with Crippen LogP contribution in [0, 0.1) is 18.2 Å². The van der Waals surface area contributed by atoms with E-state index in [1.165, 1.54) is 6.07 Å². The minimum Gasteiger partial charge on any atom is -0.350 e. The fourth-order valence-electron chi connectivity index (χ4n) is 2.72. The molecular formula is C16H23FN2O. The molecule has 1 aromatic rings. The number of carbonyl (C=O) groups is 1. The lowest BCUT2D eigenvalue weighted by atomic mass is 9.66. The van der Waals surface area contributed by atoms with Crippen LogP contribution < -0.4 is 11.1 Å². The predicted octanol–water partition coefficient (Wildman–Crippen LogP) is 2.83. The highest BCUT2D eigenvalue weighted by atomic mass is 19.1. The quantitative estimate of drug-likeness (QED) is 0.870. The number of carbonyl (C=O) groups excluding carboxylic acids is 1. The molecule has 1 fully saturated rings. The summed E-state index contributed by atoms with van der Waals surface area (Å²) in [5.74, 6) is -0.232. The van der Waals surface area contributed by atoms with Crippen LogP contribution in [0.25, 0.3) is 0 Å². The van der Waals surface area contributed by atoms with Crippen LogP contribution in [0.2, 0.25) is 0 Å². The largest absolute Gasteiger partial charge is 0.350 e. The lowest BCUT2D eigenvalue weighted by Crippen LogP contribution is -2.42. The Bertz CT molecular complexity index is 492. The topological polar surface area (TPSA) is 55.1 Å². The molecule has 1 saturated carbocycles. The molecule has 0 aromatic heterocycles. The molecule has 0 aliphatic heterocycles. The molecule has 3 N–H and O–H groups in total. The van der Waals surface area contributed by atoms with E-state index >= 15 is 0 Å². The first-order chi connectivity index (χ1) is 9.46. The van der Waals surface area contributed by atoms with Gasteiger partial charge >= 0.3 is 0 Å². The number of halogens is 1. The molecule has 1 aliphatic carbocycles. The summed E-state index contributed by atoms with van der Waals surface area (Å²) in [5, 5.41) is 2.94. The molecule has 0 radical (unpaired) electrons. The maximum Gasteiger partial charge on any atom is 0.221 e. The Balaban J connectivity index is 1.95. The van der Waals surface area contributed by atoms with Crippen molar-refractivity contribution in [3.05, 3.63) is 35.1 Å². The first kappa shape index (κ1) is 15.0. The third kappa shape index (κ3) is 3.18. The number of benzene rings is 1. The van der Waals surface area contributed by atoms with Crippen LogP contribution in [0.15, 0.2) is 18.2 Å². The molecule has 0 heterocycles. The van der Waals surface area contributed by atoms with Crippen LogP contribution in [0.3, 0.4) is 0 Å². The second-order valence-electron chi connectivity index (χ2n) is 6.03. The summed E-state index contributed by atoms with van der Waals surface area (Å²) in [4.78, 5) is 12.1. The fourth-order valence-corrected chi connectivity index (χ4v) is 2.72. The van der Waals surface area contributed by atoms with Crippen LogP contribution in [0.1, 0.15) is 49.8 Å². The fraction of sp³-hybridized carbons (Fsp3) is 0.562. The molecule has 0 bridgehead atoms. The minimum absolute atomic E-state index is 0.00231. The van der Waals surface area contributed by atoms with Gasteiger partial charge in [-0.05, 0) is 55.8 Å². The number of amides is 1. The lowest BCUT2D eigenvalue weighted by molar-refractivity contribution is -0.125. The van der Waals surface area contributed by atoms with Crippen molar-refractivity contribution in [1.82, 2.24) is 5.32 Å². The van der Waals surface area contributed by atoms with Crippen LogP contribution in [0.5, 0.6) is 0 Å². The second kappa shape index (κ2) is 5.92. The molecule has 1 unspecified atom stereocenters. The summed E-state index contributed by atoms with van der Waals surface area (Å²) in [5.41, 5.74) is 7.17. The van der Waals surface area contributed by atoms with E-state index < -0.39 is 0 Å². The van der Waals surface area contributed by atoms with Crippen LogP contribution >= 0.6 is 0 Å². The van der Waals surface area contributed by atoms with E-state index in [1.54, 1.807) is 13.0 Å². The first-order valence-corrected chi connectivity index (χ1v) is 7.21. The van der Waals surface area contributed by atoms with Gasteiger partial charge in [-0.1, -0.05) is 18.6 Å². The predicted molar refractivity (Wildman–Crippen MR) is 77.7 cm³/mol. The standard InChI is InChI=1S/C16H23FN2O/c1-11-4-5-13(8-14(11)17)12(2)19-15(20)9-16(10-18)6-3-7-16/h4-5,8,12H,3,6-7,9-10,18H2,1-2H3,(H,19,20). The Kier molecular flexibility index (Phi) is 4.43. The molecule has 0 saturated heterocycles. The van der Waals surface area contributed by atoms with E-state index in [0.29, 0.717) is 18.5 Å². The zero-order chi connectivity index (χ0) is 14.8. The minimum atomic E-state index is -0.235. The normalized spacial score (nSPS) is 18.2. The van der Waals surface area contributed by atoms with Gasteiger partial charge in [0, 0.05) is 6.42 Å². The van der Waals surface area contributed by atoms with E-state index in [9.17, 15) is 9.18 Å². The Morgan fingerprint density at radius 2 is 2.20 bits per heavy atom. The highest BCUT2D eigenvalue weighted by molar-refractivity contribution is 5.77. The summed E-state index contributed by atoms with van der Waals surface area (Å²) in [6.07, 6.45) is 3.69. The average Bonchev–Trinajstić information content (AvgIpc) is 2.37. The van der Waals surface area contributed by atoms with E-state index in [-0.39, 0.29) is 23.2 Å². The van der Waals surface area contributed by atoms with Gasteiger partial charge < -0.3 is 11.1 Å². The van der Waals surface area contributed by atoms with Crippen molar-refractivity contribution in [2.45, 2.75) is 45.6 Å². The number of aryl methyl sites for hydroxylation is 1. The van der Waals surface area contributed by atoms with E-state index in [1.807, 2.05) is 13.0 Å². The number of nitrogens with one attached hydrogen (secondary N) is 1. The summed E-state index contributed by atoms with van der Waals surface area (Å²) >= 11 is 0. The Hall–Kier alpha value is -1.42. The van der Waals surface area contributed by atoms with Crippen LogP contribution in [-0.4, -0.2) is 12.5 Å². The van der Waals surface area contributed by atoms with Gasteiger partial charge in [0.2, 0.25) is 5.91 Å². The third-order valence-corrected chi connectivity index (χ3v) is 4.46. The number of nitrogens with two attached hydrogens (primary N) is 1. The Labute approximate surface area is 119 Å². The molecular weight excluding hydrogens is 255 g/mol. The van der Waals surface area contributed by atoms with Gasteiger partial charge in [0.1, 0.15) is 5.82 Å². The van der Waals surface area contributed by atoms with Gasteiger partial charge in [0.05, 0.1) is 6.04 Å². The second-order valence-corrected chi connectivity index (χ2v) is 6.03. The van der Waals surface area contributed by atoms with E-state index in [0.717, 1.165) is 24.8 Å². The molecule has 2 rings (SSSR count). The molecule has 1 aliphatic rings. The lowest BCUT2D eigenvalue weighted by Gasteiger charge is -2.40. The number of hydrogen-bond acceptors (Lipinski definition) is 2.